The lowest BCUT2D eigenvalue weighted by molar-refractivity contribution is -0.124. The van der Waals surface area contributed by atoms with E-state index in [0.29, 0.717) is 13.1 Å². The largest absolute Gasteiger partial charge is 0.395 e. The van der Waals surface area contributed by atoms with Crippen LogP contribution in [-0.2, 0) is 17.8 Å². The summed E-state index contributed by atoms with van der Waals surface area (Å²) in [5, 5.41) is 19.1. The number of aliphatic hydroxyl groups is 1. The summed E-state index contributed by atoms with van der Waals surface area (Å²) in [4.78, 5) is 21.0. The van der Waals surface area contributed by atoms with E-state index in [0.717, 1.165) is 40.7 Å². The Hall–Kier alpha value is -3.26. The Morgan fingerprint density at radius 3 is 2.53 bits per heavy atom. The summed E-state index contributed by atoms with van der Waals surface area (Å²) >= 11 is 0. The lowest BCUT2D eigenvalue weighted by Crippen LogP contribution is -2.29. The predicted molar refractivity (Wildman–Crippen MR) is 128 cm³/mol. The molecule has 0 unspecified atom stereocenters. The zero-order valence-electron chi connectivity index (χ0n) is 18.7. The Morgan fingerprint density at radius 2 is 1.88 bits per heavy atom. The Morgan fingerprint density at radius 1 is 1.12 bits per heavy atom. The van der Waals surface area contributed by atoms with Crippen LogP contribution in [0.1, 0.15) is 30.7 Å². The average molecular weight is 437 g/mol. The van der Waals surface area contributed by atoms with Crippen molar-refractivity contribution < 1.29 is 15.1 Å². The van der Waals surface area contributed by atoms with Crippen molar-refractivity contribution in [2.24, 2.45) is 0 Å². The van der Waals surface area contributed by atoms with Crippen LogP contribution in [-0.4, -0.2) is 50.8 Å². The summed E-state index contributed by atoms with van der Waals surface area (Å²) in [6, 6.07) is 11.8. The molecule has 3 rings (SSSR count). The van der Waals surface area contributed by atoms with Gasteiger partial charge in [0.05, 0.1) is 17.8 Å². The molecule has 4 N–H and O–H groups in total. The van der Waals surface area contributed by atoms with E-state index in [9.17, 15) is 9.90 Å². The van der Waals surface area contributed by atoms with E-state index in [1.807, 2.05) is 74.8 Å². The number of fused-ring (bicyclic) bond motifs is 1. The van der Waals surface area contributed by atoms with Crippen LogP contribution < -0.4 is 5.48 Å². The number of carbonyl (C=O) groups is 1. The van der Waals surface area contributed by atoms with Crippen molar-refractivity contribution in [1.82, 2.24) is 20.3 Å². The van der Waals surface area contributed by atoms with Crippen molar-refractivity contribution in [3.63, 3.8) is 0 Å². The molecule has 0 aliphatic carbocycles. The van der Waals surface area contributed by atoms with Gasteiger partial charge in [-0.05, 0) is 43.2 Å². The van der Waals surface area contributed by atoms with Crippen molar-refractivity contribution >= 4 is 22.9 Å². The first-order valence-electron chi connectivity index (χ1n) is 10.6. The van der Waals surface area contributed by atoms with Crippen LogP contribution in [0.25, 0.3) is 17.0 Å². The van der Waals surface area contributed by atoms with Crippen LogP contribution in [0.2, 0.25) is 0 Å². The summed E-state index contributed by atoms with van der Waals surface area (Å²) < 4.78 is 0. The molecule has 1 amide bonds. The minimum absolute atomic E-state index is 0.0945. The second kappa shape index (κ2) is 13.9. The maximum atomic E-state index is 11.0. The van der Waals surface area contributed by atoms with Crippen LogP contribution in [0, 0.1) is 0 Å². The van der Waals surface area contributed by atoms with Gasteiger partial charge in [0.25, 0.3) is 5.91 Å². The maximum Gasteiger partial charge on any atom is 0.267 e. The number of aliphatic hydroxyl groups excluding tert-OH is 1. The number of amides is 1. The molecule has 0 fully saturated rings. The SMILES string of the molecule is C/C=C\C.O=C(/C=C/c1ccc(CN(CCO)CCc2nccc3cc[nH]c23)cc1)NO. The van der Waals surface area contributed by atoms with Gasteiger partial charge in [-0.2, -0.15) is 0 Å². The minimum atomic E-state index is -0.566. The van der Waals surface area contributed by atoms with E-state index in [2.05, 4.69) is 14.9 Å². The molecule has 0 radical (unpaired) electrons. The molecule has 170 valence electrons. The van der Waals surface area contributed by atoms with Crippen molar-refractivity contribution in [1.29, 1.82) is 0 Å². The Balaban J connectivity index is 0.000000837. The molecule has 0 spiro atoms. The van der Waals surface area contributed by atoms with E-state index in [-0.39, 0.29) is 6.61 Å². The van der Waals surface area contributed by atoms with Crippen LogP contribution in [0.15, 0.2) is 67.0 Å². The Kier molecular flexibility index (Phi) is 10.9. The summed E-state index contributed by atoms with van der Waals surface area (Å²) in [5.74, 6) is -0.566. The van der Waals surface area contributed by atoms with E-state index in [1.165, 1.54) is 6.08 Å². The van der Waals surface area contributed by atoms with Gasteiger partial charge in [-0.25, -0.2) is 5.48 Å². The molecule has 0 aliphatic heterocycles. The van der Waals surface area contributed by atoms with Gasteiger partial charge in [-0.15, -0.1) is 0 Å². The Bertz CT molecular complexity index is 1010. The van der Waals surface area contributed by atoms with Gasteiger partial charge in [0, 0.05) is 49.9 Å². The number of carbonyl (C=O) groups excluding carboxylic acids is 1. The van der Waals surface area contributed by atoms with Gasteiger partial charge in [0.1, 0.15) is 0 Å². The lowest BCUT2D eigenvalue weighted by atomic mass is 10.1. The number of benzene rings is 1. The molecule has 2 heterocycles. The molecule has 0 aliphatic rings. The second-order valence-corrected chi connectivity index (χ2v) is 7.17. The third-order valence-corrected chi connectivity index (χ3v) is 4.89. The number of rotatable bonds is 9. The smallest absolute Gasteiger partial charge is 0.267 e. The summed E-state index contributed by atoms with van der Waals surface area (Å²) in [7, 11) is 0. The third kappa shape index (κ3) is 8.11. The van der Waals surface area contributed by atoms with Gasteiger partial charge in [-0.3, -0.25) is 19.9 Å². The highest BCUT2D eigenvalue weighted by Gasteiger charge is 2.09. The molecule has 7 nitrogen and oxygen atoms in total. The highest BCUT2D eigenvalue weighted by atomic mass is 16.5. The monoisotopic (exact) mass is 436 g/mol. The number of hydrogen-bond acceptors (Lipinski definition) is 5. The van der Waals surface area contributed by atoms with Gasteiger partial charge in [0.15, 0.2) is 0 Å². The number of nitrogens with one attached hydrogen (secondary N) is 2. The van der Waals surface area contributed by atoms with Crippen LogP contribution >= 0.6 is 0 Å². The van der Waals surface area contributed by atoms with Gasteiger partial charge >= 0.3 is 0 Å². The first kappa shape index (κ1) is 25.0. The molecule has 7 heteroatoms. The number of allylic oxidation sites excluding steroid dienone is 2. The number of hydrogen-bond donors (Lipinski definition) is 4. The number of aromatic nitrogens is 2. The zero-order chi connectivity index (χ0) is 23.2. The average Bonchev–Trinajstić information content (AvgIpc) is 3.31. The summed E-state index contributed by atoms with van der Waals surface area (Å²) in [6.45, 7) is 6.17. The van der Waals surface area contributed by atoms with Crippen LogP contribution in [0.4, 0.5) is 0 Å². The zero-order valence-corrected chi connectivity index (χ0v) is 18.7. The molecule has 0 atom stereocenters. The molecular formula is C25H32N4O3. The van der Waals surface area contributed by atoms with E-state index >= 15 is 0 Å². The first-order valence-corrected chi connectivity index (χ1v) is 10.6. The molecule has 32 heavy (non-hydrogen) atoms. The number of nitrogens with zero attached hydrogens (tertiary/aromatic N) is 2. The molecule has 0 saturated carbocycles. The maximum absolute atomic E-state index is 11.0. The molecule has 1 aromatic carbocycles. The van der Waals surface area contributed by atoms with Crippen LogP contribution in [0.3, 0.4) is 0 Å². The van der Waals surface area contributed by atoms with Crippen molar-refractivity contribution in [2.75, 3.05) is 19.7 Å². The fourth-order valence-corrected chi connectivity index (χ4v) is 3.11. The third-order valence-electron chi connectivity index (χ3n) is 4.89. The fourth-order valence-electron chi connectivity index (χ4n) is 3.11. The van der Waals surface area contributed by atoms with E-state index < -0.39 is 5.91 Å². The van der Waals surface area contributed by atoms with Gasteiger partial charge < -0.3 is 10.1 Å². The number of pyridine rings is 1. The standard InChI is InChI=1S/C21H24N4O3.C4H8/c26-14-13-25(12-9-19-21-18(7-10-22-19)8-11-23-21)15-17-3-1-16(2-4-17)5-6-20(27)24-28;1-3-4-2/h1-8,10-11,23,26,28H,9,12-15H2,(H,24,27);3-4H,1-2H3/b6-5+;4-3-. The van der Waals surface area contributed by atoms with Crippen molar-refractivity contribution in [3.05, 3.63) is 83.8 Å². The number of hydroxylamine groups is 1. The first-order chi connectivity index (χ1) is 15.6. The molecule has 0 saturated heterocycles. The highest BCUT2D eigenvalue weighted by molar-refractivity contribution is 5.90. The summed E-state index contributed by atoms with van der Waals surface area (Å²) in [5.41, 5.74) is 5.62. The van der Waals surface area contributed by atoms with E-state index in [4.69, 9.17) is 5.21 Å². The van der Waals surface area contributed by atoms with Gasteiger partial charge in [0.2, 0.25) is 0 Å². The fraction of sp³-hybridized carbons (Fsp3) is 0.280. The highest BCUT2D eigenvalue weighted by Crippen LogP contribution is 2.16. The van der Waals surface area contributed by atoms with E-state index in [1.54, 1.807) is 11.6 Å². The van der Waals surface area contributed by atoms with Gasteiger partial charge in [-0.1, -0.05) is 36.4 Å². The second-order valence-electron chi connectivity index (χ2n) is 7.17. The molecule has 2 aromatic heterocycles. The Labute approximate surface area is 189 Å². The van der Waals surface area contributed by atoms with Crippen LogP contribution in [0.5, 0.6) is 0 Å². The molecule has 0 bridgehead atoms. The number of aromatic amines is 1. The molecule has 3 aromatic rings. The normalized spacial score (nSPS) is 11.3. The quantitative estimate of drug-likeness (QED) is 0.177. The lowest BCUT2D eigenvalue weighted by Gasteiger charge is -2.21. The predicted octanol–water partition coefficient (Wildman–Crippen LogP) is 3.70. The topological polar surface area (TPSA) is 101 Å². The van der Waals surface area contributed by atoms with Crippen molar-refractivity contribution in [3.8, 4) is 0 Å². The van der Waals surface area contributed by atoms with Crippen molar-refractivity contribution in [2.45, 2.75) is 26.8 Å². The molecular weight excluding hydrogens is 404 g/mol. The minimum Gasteiger partial charge on any atom is -0.395 e. The summed E-state index contributed by atoms with van der Waals surface area (Å²) in [6.07, 6.45) is 11.4. The number of H-pyrrole nitrogens is 1.